The molecule has 36 heavy (non-hydrogen) atoms. The van der Waals surface area contributed by atoms with Gasteiger partial charge in [-0.3, -0.25) is 4.79 Å². The van der Waals surface area contributed by atoms with Gasteiger partial charge in [-0.2, -0.15) is 13.2 Å². The number of hydrogen-bond acceptors (Lipinski definition) is 5. The molecule has 190 valence electrons. The van der Waals surface area contributed by atoms with Gasteiger partial charge in [0.1, 0.15) is 5.78 Å². The summed E-state index contributed by atoms with van der Waals surface area (Å²) in [6.45, 7) is 0.106. The normalized spacial score (nSPS) is 16.1. The SMILES string of the molecule is CNS(=O)(=O)c1ccc(-c2cc(CC(=O)C3(c4ccc5c(c4)OCO5)CC3)cc(C(F)(F)F)c2)cc1.[HH]. The molecule has 0 unspecified atom stereocenters. The number of ether oxygens (including phenoxy) is 2. The van der Waals surface area contributed by atoms with Crippen LogP contribution in [0.15, 0.2) is 65.6 Å². The van der Waals surface area contributed by atoms with E-state index < -0.39 is 27.2 Å². The van der Waals surface area contributed by atoms with Crippen LogP contribution in [-0.4, -0.2) is 28.0 Å². The Bertz CT molecular complexity index is 1450. The van der Waals surface area contributed by atoms with E-state index >= 15 is 0 Å². The van der Waals surface area contributed by atoms with Gasteiger partial charge in [-0.25, -0.2) is 13.1 Å². The molecule has 5 rings (SSSR count). The van der Waals surface area contributed by atoms with Crippen molar-refractivity contribution in [2.45, 2.75) is 35.7 Å². The Morgan fingerprint density at radius 1 is 0.972 bits per heavy atom. The highest BCUT2D eigenvalue weighted by molar-refractivity contribution is 7.89. The number of halogens is 3. The molecule has 2 aliphatic rings. The molecule has 1 heterocycles. The maximum absolute atomic E-state index is 13.7. The summed E-state index contributed by atoms with van der Waals surface area (Å²) in [5.41, 5.74) is 0.0332. The van der Waals surface area contributed by atoms with Gasteiger partial charge in [-0.05, 0) is 78.5 Å². The predicted molar refractivity (Wildman–Crippen MR) is 127 cm³/mol. The minimum absolute atomic E-state index is 0. The lowest BCUT2D eigenvalue weighted by Crippen LogP contribution is -2.22. The van der Waals surface area contributed by atoms with Crippen molar-refractivity contribution < 1.29 is 37.3 Å². The molecule has 1 N–H and O–H groups in total. The van der Waals surface area contributed by atoms with E-state index in [9.17, 15) is 26.4 Å². The molecular weight excluding hydrogens is 495 g/mol. The Morgan fingerprint density at radius 3 is 2.31 bits per heavy atom. The third-order valence-electron chi connectivity index (χ3n) is 6.66. The molecule has 10 heteroatoms. The highest BCUT2D eigenvalue weighted by Gasteiger charge is 2.51. The van der Waals surface area contributed by atoms with Crippen LogP contribution >= 0.6 is 0 Å². The number of carbonyl (C=O) groups excluding carboxylic acids is 1. The molecule has 0 saturated heterocycles. The van der Waals surface area contributed by atoms with Crippen LogP contribution in [0.2, 0.25) is 0 Å². The summed E-state index contributed by atoms with van der Waals surface area (Å²) in [5, 5.41) is 0. The number of alkyl halides is 3. The van der Waals surface area contributed by atoms with Crippen molar-refractivity contribution in [2.75, 3.05) is 13.8 Å². The Hall–Kier alpha value is -3.37. The summed E-state index contributed by atoms with van der Waals surface area (Å²) < 4.78 is 78.0. The van der Waals surface area contributed by atoms with E-state index in [2.05, 4.69) is 4.72 Å². The number of Topliss-reactive ketones (excluding diaryl/α,β-unsaturated/α-hetero) is 1. The zero-order valence-electron chi connectivity index (χ0n) is 19.2. The smallest absolute Gasteiger partial charge is 0.416 e. The zero-order chi connectivity index (χ0) is 25.7. The maximum atomic E-state index is 13.7. The molecule has 1 saturated carbocycles. The van der Waals surface area contributed by atoms with E-state index in [1.165, 1.54) is 31.3 Å². The van der Waals surface area contributed by atoms with Crippen LogP contribution in [0.5, 0.6) is 11.5 Å². The Kier molecular flexibility index (Phi) is 5.83. The lowest BCUT2D eigenvalue weighted by atomic mass is 9.87. The van der Waals surface area contributed by atoms with Crippen molar-refractivity contribution in [1.29, 1.82) is 0 Å². The zero-order valence-corrected chi connectivity index (χ0v) is 20.0. The molecule has 6 nitrogen and oxygen atoms in total. The number of carbonyl (C=O) groups is 1. The van der Waals surface area contributed by atoms with E-state index in [-0.39, 0.29) is 36.4 Å². The van der Waals surface area contributed by atoms with Gasteiger partial charge in [-0.1, -0.05) is 24.3 Å². The van der Waals surface area contributed by atoms with Gasteiger partial charge < -0.3 is 9.47 Å². The minimum Gasteiger partial charge on any atom is -0.454 e. The molecule has 1 fully saturated rings. The molecule has 0 bridgehead atoms. The fraction of sp³-hybridized carbons (Fsp3) is 0.269. The van der Waals surface area contributed by atoms with Crippen LogP contribution in [0.25, 0.3) is 11.1 Å². The highest BCUT2D eigenvalue weighted by Crippen LogP contribution is 2.51. The summed E-state index contributed by atoms with van der Waals surface area (Å²) in [6.07, 6.45) is -3.56. The van der Waals surface area contributed by atoms with Gasteiger partial charge in [0.15, 0.2) is 11.5 Å². The third kappa shape index (κ3) is 4.46. The van der Waals surface area contributed by atoms with E-state index in [1.54, 1.807) is 24.3 Å². The average Bonchev–Trinajstić information content (AvgIpc) is 3.54. The fourth-order valence-corrected chi connectivity index (χ4v) is 5.20. The lowest BCUT2D eigenvalue weighted by Gasteiger charge is -2.17. The first-order valence-corrected chi connectivity index (χ1v) is 12.7. The third-order valence-corrected chi connectivity index (χ3v) is 8.09. The van der Waals surface area contributed by atoms with Crippen molar-refractivity contribution in [3.63, 3.8) is 0 Å². The van der Waals surface area contributed by atoms with Gasteiger partial charge in [0.25, 0.3) is 0 Å². The summed E-state index contributed by atoms with van der Waals surface area (Å²) in [6, 6.07) is 14.4. The van der Waals surface area contributed by atoms with Gasteiger partial charge in [0, 0.05) is 7.85 Å². The standard InChI is InChI=1S/C26H22F3NO5S.H2/c1-30-36(32,33)21-5-2-17(3-6-21)18-10-16(11-20(13-18)26(27,28)29)12-24(31)25(8-9-25)19-4-7-22-23(14-19)35-15-34-22;/h2-7,10-11,13-14,30H,8-9,12,15H2,1H3;1H. The topological polar surface area (TPSA) is 81.7 Å². The summed E-state index contributed by atoms with van der Waals surface area (Å²) in [4.78, 5) is 13.4. The second-order valence-corrected chi connectivity index (χ2v) is 10.8. The molecule has 0 radical (unpaired) electrons. The van der Waals surface area contributed by atoms with Crippen LogP contribution < -0.4 is 14.2 Å². The molecule has 3 aromatic carbocycles. The highest BCUT2D eigenvalue weighted by atomic mass is 32.2. The first kappa shape index (κ1) is 24.3. The fourth-order valence-electron chi connectivity index (χ4n) is 4.47. The van der Waals surface area contributed by atoms with E-state index in [0.29, 0.717) is 29.9 Å². The van der Waals surface area contributed by atoms with Crippen LogP contribution in [0.1, 0.15) is 31.0 Å². The van der Waals surface area contributed by atoms with E-state index in [4.69, 9.17) is 9.47 Å². The molecule has 1 aliphatic carbocycles. The molecular formula is C26H24F3NO5S. The molecule has 0 aromatic heterocycles. The summed E-state index contributed by atoms with van der Waals surface area (Å²) >= 11 is 0. The molecule has 3 aromatic rings. The van der Waals surface area contributed by atoms with Crippen molar-refractivity contribution in [1.82, 2.24) is 4.72 Å². The van der Waals surface area contributed by atoms with E-state index in [1.807, 2.05) is 0 Å². The first-order valence-electron chi connectivity index (χ1n) is 11.2. The van der Waals surface area contributed by atoms with Crippen LogP contribution in [0.3, 0.4) is 0 Å². The van der Waals surface area contributed by atoms with Gasteiger partial charge in [0.2, 0.25) is 16.8 Å². The number of sulfonamides is 1. The quantitative estimate of drug-likeness (QED) is 0.470. The van der Waals surface area contributed by atoms with Crippen LogP contribution in [0.4, 0.5) is 13.2 Å². The van der Waals surface area contributed by atoms with Crippen molar-refractivity contribution >= 4 is 15.8 Å². The molecule has 0 spiro atoms. The minimum atomic E-state index is -4.61. The van der Waals surface area contributed by atoms with Crippen molar-refractivity contribution in [2.24, 2.45) is 0 Å². The average molecular weight is 520 g/mol. The molecule has 0 amide bonds. The van der Waals surface area contributed by atoms with Crippen molar-refractivity contribution in [3.05, 3.63) is 77.4 Å². The summed E-state index contributed by atoms with van der Waals surface area (Å²) in [7, 11) is -2.41. The monoisotopic (exact) mass is 519 g/mol. The van der Waals surface area contributed by atoms with E-state index in [0.717, 1.165) is 17.7 Å². The second-order valence-electron chi connectivity index (χ2n) is 8.90. The Labute approximate surface area is 207 Å². The van der Waals surface area contributed by atoms with Gasteiger partial charge >= 0.3 is 6.18 Å². The summed E-state index contributed by atoms with van der Waals surface area (Å²) in [5.74, 6) is 0.983. The largest absolute Gasteiger partial charge is 0.454 e. The second kappa shape index (κ2) is 8.63. The number of fused-ring (bicyclic) bond motifs is 1. The Balaban J connectivity index is 0.00000320. The predicted octanol–water partition coefficient (Wildman–Crippen LogP) is 5.10. The number of hydrogen-bond donors (Lipinski definition) is 1. The number of nitrogens with one attached hydrogen (secondary N) is 1. The number of rotatable bonds is 7. The number of benzene rings is 3. The van der Waals surface area contributed by atoms with Gasteiger partial charge in [-0.15, -0.1) is 0 Å². The Morgan fingerprint density at radius 2 is 1.67 bits per heavy atom. The molecule has 0 atom stereocenters. The first-order chi connectivity index (χ1) is 17.0. The van der Waals surface area contributed by atoms with Crippen LogP contribution in [0, 0.1) is 0 Å². The molecule has 1 aliphatic heterocycles. The van der Waals surface area contributed by atoms with Crippen LogP contribution in [-0.2, 0) is 32.8 Å². The maximum Gasteiger partial charge on any atom is 0.416 e. The lowest BCUT2D eigenvalue weighted by molar-refractivity contribution is -0.137. The van der Waals surface area contributed by atoms with Gasteiger partial charge in [0.05, 0.1) is 15.9 Å². The number of ketones is 1. The van der Waals surface area contributed by atoms with Crippen molar-refractivity contribution in [3.8, 4) is 22.6 Å².